The Bertz CT molecular complexity index is 629. The molecule has 0 saturated carbocycles. The first-order valence-corrected chi connectivity index (χ1v) is 7.38. The molecule has 0 bridgehead atoms. The van der Waals surface area contributed by atoms with Crippen LogP contribution in [-0.2, 0) is 6.54 Å². The Morgan fingerprint density at radius 3 is 2.52 bits per heavy atom. The number of alkyl halides is 3. The van der Waals surface area contributed by atoms with Gasteiger partial charge in [-0.05, 0) is 54.1 Å². The number of thioether (sulfide) groups is 1. The van der Waals surface area contributed by atoms with Crippen LogP contribution in [0.4, 0.5) is 18.9 Å². The van der Waals surface area contributed by atoms with Crippen LogP contribution in [0, 0.1) is 6.92 Å². The Morgan fingerprint density at radius 1 is 1.14 bits per heavy atom. The van der Waals surface area contributed by atoms with Crippen LogP contribution in [0.5, 0.6) is 0 Å². The van der Waals surface area contributed by atoms with Crippen LogP contribution < -0.4 is 5.32 Å². The Balaban J connectivity index is 2.13. The molecule has 0 fully saturated rings. The van der Waals surface area contributed by atoms with Gasteiger partial charge in [0.1, 0.15) is 0 Å². The molecule has 6 heteroatoms. The predicted octanol–water partition coefficient (Wildman–Crippen LogP) is 5.87. The minimum Gasteiger partial charge on any atom is -0.380 e. The van der Waals surface area contributed by atoms with E-state index in [-0.39, 0.29) is 16.7 Å². The molecule has 0 unspecified atom stereocenters. The van der Waals surface area contributed by atoms with Crippen LogP contribution in [-0.4, -0.2) is 5.51 Å². The van der Waals surface area contributed by atoms with Gasteiger partial charge in [0.2, 0.25) is 0 Å². The SMILES string of the molecule is Cc1cc(Cl)ccc1CNc1ccccc1SC(F)(F)F. The first-order chi connectivity index (χ1) is 9.85. The van der Waals surface area contributed by atoms with Gasteiger partial charge in [0, 0.05) is 22.2 Å². The lowest BCUT2D eigenvalue weighted by molar-refractivity contribution is -0.0327. The Labute approximate surface area is 130 Å². The highest BCUT2D eigenvalue weighted by molar-refractivity contribution is 8.00. The summed E-state index contributed by atoms with van der Waals surface area (Å²) in [4.78, 5) is 0.164. The summed E-state index contributed by atoms with van der Waals surface area (Å²) >= 11 is 5.77. The molecule has 0 saturated heterocycles. The third kappa shape index (κ3) is 4.86. The average molecular weight is 332 g/mol. The Kier molecular flexibility index (Phi) is 5.06. The standard InChI is InChI=1S/C15H13ClF3NS/c1-10-8-12(16)7-6-11(10)9-20-13-4-2-3-5-14(13)21-15(17,18)19/h2-8,20H,9H2,1H3. The summed E-state index contributed by atoms with van der Waals surface area (Å²) in [6.07, 6.45) is 0. The minimum absolute atomic E-state index is 0.114. The van der Waals surface area contributed by atoms with E-state index in [1.54, 1.807) is 24.3 Å². The van der Waals surface area contributed by atoms with E-state index in [9.17, 15) is 13.2 Å². The highest BCUT2D eigenvalue weighted by Crippen LogP contribution is 2.40. The van der Waals surface area contributed by atoms with Crippen molar-refractivity contribution in [1.29, 1.82) is 0 Å². The zero-order valence-corrected chi connectivity index (χ0v) is 12.7. The van der Waals surface area contributed by atoms with E-state index in [0.29, 0.717) is 17.3 Å². The van der Waals surface area contributed by atoms with Gasteiger partial charge in [-0.2, -0.15) is 13.2 Å². The van der Waals surface area contributed by atoms with Crippen molar-refractivity contribution in [2.75, 3.05) is 5.32 Å². The van der Waals surface area contributed by atoms with Gasteiger partial charge in [0.05, 0.1) is 0 Å². The number of halogens is 4. The Morgan fingerprint density at radius 2 is 1.86 bits per heavy atom. The molecule has 2 aromatic rings. The van der Waals surface area contributed by atoms with Gasteiger partial charge < -0.3 is 5.32 Å². The molecule has 0 radical (unpaired) electrons. The van der Waals surface area contributed by atoms with Crippen molar-refractivity contribution in [2.24, 2.45) is 0 Å². The van der Waals surface area contributed by atoms with Crippen molar-refractivity contribution >= 4 is 29.1 Å². The van der Waals surface area contributed by atoms with Crippen LogP contribution in [0.15, 0.2) is 47.4 Å². The van der Waals surface area contributed by atoms with E-state index in [1.165, 1.54) is 6.07 Å². The molecule has 112 valence electrons. The molecular formula is C15H13ClF3NS. The van der Waals surface area contributed by atoms with E-state index in [2.05, 4.69) is 5.32 Å². The number of aryl methyl sites for hydroxylation is 1. The van der Waals surface area contributed by atoms with Crippen molar-refractivity contribution in [3.05, 3.63) is 58.6 Å². The highest BCUT2D eigenvalue weighted by Gasteiger charge is 2.30. The zero-order chi connectivity index (χ0) is 15.5. The van der Waals surface area contributed by atoms with Crippen molar-refractivity contribution in [1.82, 2.24) is 0 Å². The Hall–Kier alpha value is -1.33. The maximum atomic E-state index is 12.5. The van der Waals surface area contributed by atoms with E-state index in [4.69, 9.17) is 11.6 Å². The molecule has 0 aromatic heterocycles. The molecule has 0 atom stereocenters. The fourth-order valence-electron chi connectivity index (χ4n) is 1.87. The van der Waals surface area contributed by atoms with Crippen LogP contribution in [0.1, 0.15) is 11.1 Å². The summed E-state index contributed by atoms with van der Waals surface area (Å²) in [5, 5.41) is 3.69. The smallest absolute Gasteiger partial charge is 0.380 e. The lowest BCUT2D eigenvalue weighted by Gasteiger charge is -2.14. The topological polar surface area (TPSA) is 12.0 Å². The molecule has 1 nitrogen and oxygen atoms in total. The second kappa shape index (κ2) is 6.62. The van der Waals surface area contributed by atoms with Gasteiger partial charge in [0.15, 0.2) is 0 Å². The monoisotopic (exact) mass is 331 g/mol. The van der Waals surface area contributed by atoms with E-state index < -0.39 is 5.51 Å². The van der Waals surface area contributed by atoms with Crippen molar-refractivity contribution in [3.8, 4) is 0 Å². The van der Waals surface area contributed by atoms with Crippen LogP contribution in [0.3, 0.4) is 0 Å². The number of rotatable bonds is 4. The van der Waals surface area contributed by atoms with Crippen LogP contribution >= 0.6 is 23.4 Å². The number of hydrogen-bond donors (Lipinski definition) is 1. The minimum atomic E-state index is -4.30. The third-order valence-corrected chi connectivity index (χ3v) is 3.93. The largest absolute Gasteiger partial charge is 0.446 e. The van der Waals surface area contributed by atoms with E-state index in [0.717, 1.165) is 11.1 Å². The summed E-state index contributed by atoms with van der Waals surface area (Å²) < 4.78 is 37.5. The molecule has 21 heavy (non-hydrogen) atoms. The molecule has 0 spiro atoms. The molecule has 0 aliphatic rings. The molecular weight excluding hydrogens is 319 g/mol. The third-order valence-electron chi connectivity index (χ3n) is 2.89. The number of nitrogens with one attached hydrogen (secondary N) is 1. The van der Waals surface area contributed by atoms with Crippen LogP contribution in [0.2, 0.25) is 5.02 Å². The zero-order valence-electron chi connectivity index (χ0n) is 11.2. The lowest BCUT2D eigenvalue weighted by atomic mass is 10.1. The molecule has 0 heterocycles. The summed E-state index contributed by atoms with van der Waals surface area (Å²) in [5.74, 6) is 0. The van der Waals surface area contributed by atoms with Crippen molar-refractivity contribution in [2.45, 2.75) is 23.9 Å². The first kappa shape index (κ1) is 16.0. The molecule has 2 rings (SSSR count). The normalized spacial score (nSPS) is 11.5. The van der Waals surface area contributed by atoms with Gasteiger partial charge >= 0.3 is 5.51 Å². The van der Waals surface area contributed by atoms with Gasteiger partial charge in [0.25, 0.3) is 0 Å². The van der Waals surface area contributed by atoms with Gasteiger partial charge in [-0.1, -0.05) is 29.8 Å². The first-order valence-electron chi connectivity index (χ1n) is 6.19. The quantitative estimate of drug-likeness (QED) is 0.703. The van der Waals surface area contributed by atoms with Crippen LogP contribution in [0.25, 0.3) is 0 Å². The predicted molar refractivity (Wildman–Crippen MR) is 81.9 cm³/mol. The molecule has 0 aliphatic heterocycles. The molecule has 2 aromatic carbocycles. The fraction of sp³-hybridized carbons (Fsp3) is 0.200. The van der Waals surface area contributed by atoms with Crippen molar-refractivity contribution in [3.63, 3.8) is 0 Å². The van der Waals surface area contributed by atoms with Gasteiger partial charge in [-0.15, -0.1) is 0 Å². The lowest BCUT2D eigenvalue weighted by Crippen LogP contribution is -2.05. The number of hydrogen-bond acceptors (Lipinski definition) is 2. The highest BCUT2D eigenvalue weighted by atomic mass is 35.5. The van der Waals surface area contributed by atoms with E-state index in [1.807, 2.05) is 19.1 Å². The second-order valence-electron chi connectivity index (χ2n) is 4.47. The maximum Gasteiger partial charge on any atom is 0.446 e. The fourth-order valence-corrected chi connectivity index (χ4v) is 2.75. The molecule has 1 N–H and O–H groups in total. The maximum absolute atomic E-state index is 12.5. The summed E-state index contributed by atoms with van der Waals surface area (Å²) in [6.45, 7) is 2.36. The number of para-hydroxylation sites is 1. The van der Waals surface area contributed by atoms with Gasteiger partial charge in [-0.3, -0.25) is 0 Å². The summed E-state index contributed by atoms with van der Waals surface area (Å²) in [7, 11) is 0. The number of benzene rings is 2. The number of anilines is 1. The van der Waals surface area contributed by atoms with E-state index >= 15 is 0 Å². The van der Waals surface area contributed by atoms with Gasteiger partial charge in [-0.25, -0.2) is 0 Å². The molecule has 0 amide bonds. The summed E-state index contributed by atoms with van der Waals surface area (Å²) in [6, 6.07) is 11.8. The average Bonchev–Trinajstić information content (AvgIpc) is 2.37. The summed E-state index contributed by atoms with van der Waals surface area (Å²) in [5.41, 5.74) is -1.84. The second-order valence-corrected chi connectivity index (χ2v) is 6.01. The molecule has 0 aliphatic carbocycles. The van der Waals surface area contributed by atoms with Crippen molar-refractivity contribution < 1.29 is 13.2 Å².